The summed E-state index contributed by atoms with van der Waals surface area (Å²) in [5.74, 6) is -4.54. The minimum absolute atomic E-state index is 0.0467. The molecule has 0 aliphatic heterocycles. The number of benzene rings is 3. The summed E-state index contributed by atoms with van der Waals surface area (Å²) in [5.41, 5.74) is -0.983. The Balaban J connectivity index is 2.35. The van der Waals surface area contributed by atoms with Crippen molar-refractivity contribution in [3.63, 3.8) is 0 Å². The molecule has 0 bridgehead atoms. The molecule has 8 heteroatoms. The predicted molar refractivity (Wildman–Crippen MR) is 190 cm³/mol. The van der Waals surface area contributed by atoms with Crippen LogP contribution in [0.4, 0.5) is 10.1 Å². The lowest BCUT2D eigenvalue weighted by atomic mass is 9.88. The van der Waals surface area contributed by atoms with Gasteiger partial charge in [0.15, 0.2) is 0 Å². The quantitative estimate of drug-likeness (QED) is 0.114. The molecular weight excluding hydrogens is 607 g/mol. The maximum Gasteiger partial charge on any atom is 0.305 e. The molecule has 256 valence electrons. The maximum atomic E-state index is 15.3. The number of aliphatic hydroxyl groups is 2. The van der Waals surface area contributed by atoms with E-state index in [0.717, 1.165) is 0 Å². The highest BCUT2D eigenvalue weighted by Crippen LogP contribution is 2.47. The largest absolute Gasteiger partial charge is 0.481 e. The van der Waals surface area contributed by atoms with Gasteiger partial charge in [-0.2, -0.15) is 0 Å². The first kappa shape index (κ1) is 24.8. The van der Waals surface area contributed by atoms with E-state index in [1.165, 1.54) is 18.4 Å². The van der Waals surface area contributed by atoms with Gasteiger partial charge in [-0.3, -0.25) is 9.59 Å². The number of amides is 1. The van der Waals surface area contributed by atoms with Crippen molar-refractivity contribution in [2.24, 2.45) is 5.92 Å². The second-order valence-electron chi connectivity index (χ2n) is 12.8. The third kappa shape index (κ3) is 8.23. The molecule has 1 amide bonds. The molecule has 0 aliphatic rings. The van der Waals surface area contributed by atoms with Gasteiger partial charge in [0.1, 0.15) is 5.82 Å². The molecule has 7 nitrogen and oxygen atoms in total. The standard InChI is InChI=1S/C40H49FN2O5/c1-22(2)28(8)38-37(40(48)42-31-14-12-24(4)25(5)18-31)36(29-11-9-10-23(3)16-29)39(34-15-13-30(41)17-26(34)6)43(38)27(7)19-32(44)20-33(45)21-35(46)47/h9-18,22,27-28,32-33,44-45H,19-21H2,1-8H3,(H,42,48)(H,46,47)/t27?,28?,32-,33-/m1/s1/i9D,10D,11D,12D,13D,14D,15D,16D,17D,18D. The highest BCUT2D eigenvalue weighted by Gasteiger charge is 2.35. The molecule has 0 fully saturated rings. The molecule has 0 spiro atoms. The van der Waals surface area contributed by atoms with Crippen LogP contribution in [0.15, 0.2) is 60.4 Å². The second-order valence-corrected chi connectivity index (χ2v) is 12.8. The second kappa shape index (κ2) is 15.3. The third-order valence-corrected chi connectivity index (χ3v) is 8.60. The summed E-state index contributed by atoms with van der Waals surface area (Å²) in [6, 6.07) is -6.53. The number of halogens is 1. The van der Waals surface area contributed by atoms with Crippen LogP contribution in [0.1, 0.15) is 111 Å². The lowest BCUT2D eigenvalue weighted by molar-refractivity contribution is -0.139. The van der Waals surface area contributed by atoms with Crippen molar-refractivity contribution in [3.8, 4) is 22.4 Å². The highest BCUT2D eigenvalue weighted by molar-refractivity contribution is 6.12. The van der Waals surface area contributed by atoms with Crippen molar-refractivity contribution in [2.75, 3.05) is 5.32 Å². The number of carbonyl (C=O) groups is 2. The summed E-state index contributed by atoms with van der Waals surface area (Å²) in [4.78, 5) is 26.5. The Morgan fingerprint density at radius 2 is 1.58 bits per heavy atom. The molecule has 4 rings (SSSR count). The Kier molecular flexibility index (Phi) is 7.91. The van der Waals surface area contributed by atoms with Gasteiger partial charge < -0.3 is 25.2 Å². The molecule has 0 saturated carbocycles. The van der Waals surface area contributed by atoms with Gasteiger partial charge in [0.25, 0.3) is 5.91 Å². The van der Waals surface area contributed by atoms with Crippen molar-refractivity contribution in [3.05, 3.63) is 99.8 Å². The van der Waals surface area contributed by atoms with Crippen LogP contribution in [0, 0.1) is 39.4 Å². The number of nitrogens with zero attached hydrogens (tertiary/aromatic N) is 1. The Labute approximate surface area is 297 Å². The SMILES string of the molecule is [2H]c1c([2H])c(C)c([2H])c(-c2c(C(=O)Nc3c([2H])c([2H])c(C)c(C)c3[2H])c(C(C)C(C)C)n(C(C)C[C@@H](O)C[C@@H](O)CC(=O)O)c2-c2c([2H])c([2H])c(F)c([2H])c2C)c1[2H]. The van der Waals surface area contributed by atoms with E-state index in [2.05, 4.69) is 5.32 Å². The summed E-state index contributed by atoms with van der Waals surface area (Å²) in [7, 11) is 0. The number of hydrogen-bond donors (Lipinski definition) is 4. The Bertz CT molecular complexity index is 2240. The van der Waals surface area contributed by atoms with Crippen LogP contribution in [0.5, 0.6) is 0 Å². The molecule has 0 aliphatic carbocycles. The van der Waals surface area contributed by atoms with Crippen molar-refractivity contribution in [1.82, 2.24) is 4.57 Å². The fraction of sp³-hybridized carbons (Fsp3) is 0.400. The minimum atomic E-state index is -1.44. The normalized spacial score (nSPS) is 17.0. The number of rotatable bonds is 13. The van der Waals surface area contributed by atoms with E-state index in [4.69, 9.17) is 11.0 Å². The number of aromatic nitrogens is 1. The summed E-state index contributed by atoms with van der Waals surface area (Å²) < 4.78 is 105. The maximum absolute atomic E-state index is 15.3. The Morgan fingerprint density at radius 1 is 0.875 bits per heavy atom. The van der Waals surface area contributed by atoms with Gasteiger partial charge >= 0.3 is 5.97 Å². The summed E-state index contributed by atoms with van der Waals surface area (Å²) in [6.45, 7) is 12.9. The number of carboxylic acid groups (broad SMARTS) is 1. The van der Waals surface area contributed by atoms with E-state index in [1.807, 2.05) is 13.8 Å². The number of anilines is 1. The zero-order chi connectivity index (χ0) is 44.1. The van der Waals surface area contributed by atoms with E-state index in [0.29, 0.717) is 11.1 Å². The van der Waals surface area contributed by atoms with Crippen molar-refractivity contribution < 1.29 is 43.0 Å². The number of aliphatic hydroxyl groups excluding tert-OH is 2. The van der Waals surface area contributed by atoms with Crippen LogP contribution in [-0.2, 0) is 4.79 Å². The Morgan fingerprint density at radius 3 is 2.25 bits per heavy atom. The van der Waals surface area contributed by atoms with Gasteiger partial charge in [-0.15, -0.1) is 0 Å². The topological polar surface area (TPSA) is 112 Å². The summed E-state index contributed by atoms with van der Waals surface area (Å²) in [6.07, 6.45) is -4.07. The van der Waals surface area contributed by atoms with Crippen LogP contribution >= 0.6 is 0 Å². The number of carboxylic acids is 1. The molecule has 0 radical (unpaired) electrons. The summed E-state index contributed by atoms with van der Waals surface area (Å²) in [5, 5.41) is 33.5. The van der Waals surface area contributed by atoms with Gasteiger partial charge in [0.05, 0.1) is 43.6 Å². The lowest BCUT2D eigenvalue weighted by Crippen LogP contribution is -2.25. The van der Waals surface area contributed by atoms with Gasteiger partial charge in [0.2, 0.25) is 0 Å². The zero-order valence-electron chi connectivity index (χ0n) is 38.5. The molecule has 1 heterocycles. The van der Waals surface area contributed by atoms with Crippen molar-refractivity contribution >= 4 is 17.6 Å². The van der Waals surface area contributed by atoms with Gasteiger partial charge in [0, 0.05) is 28.6 Å². The number of aliphatic carboxylic acids is 1. The molecule has 4 aromatic rings. The van der Waals surface area contributed by atoms with Crippen molar-refractivity contribution in [1.29, 1.82) is 0 Å². The van der Waals surface area contributed by atoms with Gasteiger partial charge in [-0.25, -0.2) is 4.39 Å². The number of nitrogens with one attached hydrogen (secondary N) is 1. The highest BCUT2D eigenvalue weighted by atomic mass is 19.1. The average molecular weight is 667 g/mol. The van der Waals surface area contributed by atoms with Crippen LogP contribution in [0.2, 0.25) is 0 Å². The van der Waals surface area contributed by atoms with E-state index in [-0.39, 0.29) is 81.3 Å². The van der Waals surface area contributed by atoms with Crippen LogP contribution in [0.3, 0.4) is 0 Å². The fourth-order valence-corrected chi connectivity index (χ4v) is 5.81. The van der Waals surface area contributed by atoms with E-state index < -0.39 is 96.6 Å². The zero-order valence-corrected chi connectivity index (χ0v) is 28.5. The minimum Gasteiger partial charge on any atom is -0.481 e. The molecule has 1 aromatic heterocycles. The van der Waals surface area contributed by atoms with E-state index in [9.17, 15) is 22.9 Å². The van der Waals surface area contributed by atoms with E-state index in [1.54, 1.807) is 27.7 Å². The molecule has 4 N–H and O–H groups in total. The fourth-order valence-electron chi connectivity index (χ4n) is 5.81. The van der Waals surface area contributed by atoms with Crippen molar-refractivity contribution in [2.45, 2.75) is 98.8 Å². The monoisotopic (exact) mass is 666 g/mol. The summed E-state index contributed by atoms with van der Waals surface area (Å²) >= 11 is 0. The lowest BCUT2D eigenvalue weighted by Gasteiger charge is -2.28. The van der Waals surface area contributed by atoms with E-state index >= 15 is 9.18 Å². The molecule has 3 aromatic carbocycles. The Hall–Kier alpha value is -4.27. The van der Waals surface area contributed by atoms with Gasteiger partial charge in [-0.1, -0.05) is 56.5 Å². The first-order valence-corrected chi connectivity index (χ1v) is 15.9. The first-order chi connectivity index (χ1) is 26.8. The smallest absolute Gasteiger partial charge is 0.305 e. The predicted octanol–water partition coefficient (Wildman–Crippen LogP) is 8.74. The molecule has 4 atom stereocenters. The van der Waals surface area contributed by atoms with Crippen LogP contribution in [-0.4, -0.2) is 44.0 Å². The van der Waals surface area contributed by atoms with Crippen LogP contribution in [0.25, 0.3) is 22.4 Å². The molecule has 2 unspecified atom stereocenters. The molecule has 48 heavy (non-hydrogen) atoms. The first-order valence-electron chi connectivity index (χ1n) is 20.9. The number of hydrogen-bond acceptors (Lipinski definition) is 4. The average Bonchev–Trinajstić information content (AvgIpc) is 3.49. The van der Waals surface area contributed by atoms with Crippen LogP contribution < -0.4 is 5.32 Å². The van der Waals surface area contributed by atoms with Gasteiger partial charge in [-0.05, 0) is 112 Å². The third-order valence-electron chi connectivity index (χ3n) is 8.60. The number of carbonyl (C=O) groups excluding carboxylic acids is 1. The molecule has 0 saturated heterocycles. The molecular formula is C40H49FN2O5.